The first-order chi connectivity index (χ1) is 7.74. The second-order valence-corrected chi connectivity index (χ2v) is 5.22. The van der Waals surface area contributed by atoms with E-state index in [-0.39, 0.29) is 0 Å². The van der Waals surface area contributed by atoms with Crippen LogP contribution in [0.4, 0.5) is 0 Å². The summed E-state index contributed by atoms with van der Waals surface area (Å²) in [6.45, 7) is 9.29. The van der Waals surface area contributed by atoms with E-state index in [1.165, 1.54) is 32.2 Å². The van der Waals surface area contributed by atoms with Gasteiger partial charge in [0, 0.05) is 25.7 Å². The van der Waals surface area contributed by atoms with Crippen molar-refractivity contribution in [1.82, 2.24) is 4.90 Å². The fourth-order valence-electron chi connectivity index (χ4n) is 2.22. The molecule has 0 bridgehead atoms. The monoisotopic (exact) mass is 228 g/mol. The largest absolute Gasteiger partial charge is 0.380 e. The van der Waals surface area contributed by atoms with Crippen LogP contribution in [0.25, 0.3) is 0 Å². The molecule has 0 aromatic heterocycles. The lowest BCUT2D eigenvalue weighted by atomic mass is 10.0. The van der Waals surface area contributed by atoms with Crippen LogP contribution in [0, 0.1) is 5.92 Å². The minimum atomic E-state index is 0.599. The maximum Gasteiger partial charge on any atom is 0.0593 e. The van der Waals surface area contributed by atoms with Gasteiger partial charge in [-0.25, -0.2) is 0 Å². The molecule has 1 aliphatic rings. The number of piperidine rings is 1. The van der Waals surface area contributed by atoms with Crippen LogP contribution in [0.1, 0.15) is 39.5 Å². The fraction of sp³-hybridized carbons (Fsp3) is 1.00. The number of rotatable bonds is 7. The second-order valence-electron chi connectivity index (χ2n) is 5.22. The van der Waals surface area contributed by atoms with Gasteiger partial charge < -0.3 is 10.5 Å². The van der Waals surface area contributed by atoms with E-state index in [1.54, 1.807) is 0 Å². The number of hydrogen-bond donors (Lipinski definition) is 1. The van der Waals surface area contributed by atoms with Crippen molar-refractivity contribution in [3.05, 3.63) is 0 Å². The van der Waals surface area contributed by atoms with Gasteiger partial charge in [-0.15, -0.1) is 0 Å². The highest BCUT2D eigenvalue weighted by atomic mass is 16.5. The third-order valence-corrected chi connectivity index (χ3v) is 3.38. The molecule has 0 aromatic rings. The van der Waals surface area contributed by atoms with Crippen molar-refractivity contribution in [3.8, 4) is 0 Å². The van der Waals surface area contributed by atoms with E-state index in [0.29, 0.717) is 6.04 Å². The molecular formula is C13H28N2O. The Labute approximate surface area is 100 Å². The van der Waals surface area contributed by atoms with Crippen LogP contribution in [-0.4, -0.2) is 43.8 Å². The lowest BCUT2D eigenvalue weighted by molar-refractivity contribution is 0.0693. The van der Waals surface area contributed by atoms with Gasteiger partial charge in [0.15, 0.2) is 0 Å². The third-order valence-electron chi connectivity index (χ3n) is 3.38. The standard InChI is InChI=1S/C13H28N2O/c1-12(2)6-9-16-10-8-15-7-4-3-5-13(15)11-14/h12-13H,3-11,14H2,1-2H3. The molecule has 1 atom stereocenters. The van der Waals surface area contributed by atoms with E-state index in [0.717, 1.165) is 32.2 Å². The highest BCUT2D eigenvalue weighted by molar-refractivity contribution is 4.77. The maximum atomic E-state index is 5.78. The smallest absolute Gasteiger partial charge is 0.0593 e. The molecule has 0 aliphatic carbocycles. The Bertz CT molecular complexity index is 173. The Morgan fingerprint density at radius 1 is 1.31 bits per heavy atom. The Morgan fingerprint density at radius 2 is 2.12 bits per heavy atom. The second kappa shape index (κ2) is 8.04. The molecule has 0 radical (unpaired) electrons. The van der Waals surface area contributed by atoms with Gasteiger partial charge in [-0.3, -0.25) is 4.90 Å². The average molecular weight is 228 g/mol. The van der Waals surface area contributed by atoms with Crippen molar-refractivity contribution in [3.63, 3.8) is 0 Å². The molecule has 0 aromatic carbocycles. The zero-order chi connectivity index (χ0) is 11.8. The zero-order valence-electron chi connectivity index (χ0n) is 11.0. The van der Waals surface area contributed by atoms with Crippen molar-refractivity contribution in [2.45, 2.75) is 45.6 Å². The summed E-state index contributed by atoms with van der Waals surface area (Å²) in [5, 5.41) is 0. The first kappa shape index (κ1) is 13.9. The molecule has 16 heavy (non-hydrogen) atoms. The van der Waals surface area contributed by atoms with Crippen molar-refractivity contribution >= 4 is 0 Å². The van der Waals surface area contributed by atoms with E-state index in [2.05, 4.69) is 18.7 Å². The Balaban J connectivity index is 2.06. The molecule has 96 valence electrons. The summed E-state index contributed by atoms with van der Waals surface area (Å²) in [6, 6.07) is 0.599. The summed E-state index contributed by atoms with van der Waals surface area (Å²) in [4.78, 5) is 2.50. The number of ether oxygens (including phenoxy) is 1. The predicted molar refractivity (Wildman–Crippen MR) is 68.5 cm³/mol. The quantitative estimate of drug-likeness (QED) is 0.676. The van der Waals surface area contributed by atoms with Gasteiger partial charge in [-0.2, -0.15) is 0 Å². The van der Waals surface area contributed by atoms with Gasteiger partial charge in [0.1, 0.15) is 0 Å². The molecule has 3 nitrogen and oxygen atoms in total. The molecule has 3 heteroatoms. The van der Waals surface area contributed by atoms with Crippen molar-refractivity contribution in [2.75, 3.05) is 32.8 Å². The normalized spacial score (nSPS) is 22.9. The fourth-order valence-corrected chi connectivity index (χ4v) is 2.22. The van der Waals surface area contributed by atoms with Crippen LogP contribution in [0.5, 0.6) is 0 Å². The molecule has 0 saturated carbocycles. The number of likely N-dealkylation sites (tertiary alicyclic amines) is 1. The molecule has 1 unspecified atom stereocenters. The van der Waals surface area contributed by atoms with E-state index in [4.69, 9.17) is 10.5 Å². The summed E-state index contributed by atoms with van der Waals surface area (Å²) < 4.78 is 5.66. The Morgan fingerprint density at radius 3 is 2.81 bits per heavy atom. The van der Waals surface area contributed by atoms with Crippen molar-refractivity contribution < 1.29 is 4.74 Å². The van der Waals surface area contributed by atoms with Gasteiger partial charge in [0.2, 0.25) is 0 Å². The number of nitrogens with zero attached hydrogens (tertiary/aromatic N) is 1. The molecule has 1 saturated heterocycles. The van der Waals surface area contributed by atoms with E-state index in [9.17, 15) is 0 Å². The molecule has 1 fully saturated rings. The number of hydrogen-bond acceptors (Lipinski definition) is 3. The van der Waals surface area contributed by atoms with Gasteiger partial charge in [-0.1, -0.05) is 20.3 Å². The molecular weight excluding hydrogens is 200 g/mol. The summed E-state index contributed by atoms with van der Waals surface area (Å²) in [5.41, 5.74) is 5.78. The summed E-state index contributed by atoms with van der Waals surface area (Å²) in [5.74, 6) is 0.742. The van der Waals surface area contributed by atoms with Gasteiger partial charge in [0.05, 0.1) is 6.61 Å². The van der Waals surface area contributed by atoms with E-state index >= 15 is 0 Å². The van der Waals surface area contributed by atoms with Crippen molar-refractivity contribution in [1.29, 1.82) is 0 Å². The highest BCUT2D eigenvalue weighted by Crippen LogP contribution is 2.15. The van der Waals surface area contributed by atoms with Crippen LogP contribution >= 0.6 is 0 Å². The first-order valence-corrected chi connectivity index (χ1v) is 6.76. The topological polar surface area (TPSA) is 38.5 Å². The van der Waals surface area contributed by atoms with Gasteiger partial charge >= 0.3 is 0 Å². The van der Waals surface area contributed by atoms with Crippen LogP contribution in [-0.2, 0) is 4.74 Å². The molecule has 2 N–H and O–H groups in total. The van der Waals surface area contributed by atoms with Crippen molar-refractivity contribution in [2.24, 2.45) is 11.7 Å². The maximum absolute atomic E-state index is 5.78. The lowest BCUT2D eigenvalue weighted by Crippen LogP contribution is -2.45. The summed E-state index contributed by atoms with van der Waals surface area (Å²) in [7, 11) is 0. The first-order valence-electron chi connectivity index (χ1n) is 6.76. The van der Waals surface area contributed by atoms with Crippen LogP contribution in [0.3, 0.4) is 0 Å². The molecule has 1 rings (SSSR count). The molecule has 0 amide bonds. The summed E-state index contributed by atoms with van der Waals surface area (Å²) >= 11 is 0. The van der Waals surface area contributed by atoms with E-state index in [1.807, 2.05) is 0 Å². The third kappa shape index (κ3) is 5.28. The lowest BCUT2D eigenvalue weighted by Gasteiger charge is -2.34. The number of nitrogens with two attached hydrogens (primary N) is 1. The van der Waals surface area contributed by atoms with Gasteiger partial charge in [-0.05, 0) is 31.7 Å². The van der Waals surface area contributed by atoms with Gasteiger partial charge in [0.25, 0.3) is 0 Å². The highest BCUT2D eigenvalue weighted by Gasteiger charge is 2.20. The predicted octanol–water partition coefficient (Wildman–Crippen LogP) is 1.86. The molecule has 0 spiro atoms. The SMILES string of the molecule is CC(C)CCOCCN1CCCCC1CN. The van der Waals surface area contributed by atoms with Crippen LogP contribution < -0.4 is 5.73 Å². The Hall–Kier alpha value is -0.120. The van der Waals surface area contributed by atoms with Crippen LogP contribution in [0.15, 0.2) is 0 Å². The minimum absolute atomic E-state index is 0.599. The van der Waals surface area contributed by atoms with E-state index < -0.39 is 0 Å². The van der Waals surface area contributed by atoms with Crippen LogP contribution in [0.2, 0.25) is 0 Å². The minimum Gasteiger partial charge on any atom is -0.380 e. The average Bonchev–Trinajstić information content (AvgIpc) is 2.29. The molecule has 1 heterocycles. The summed E-state index contributed by atoms with van der Waals surface area (Å²) in [6.07, 6.45) is 5.10. The Kier molecular flexibility index (Phi) is 7.01. The molecule has 1 aliphatic heterocycles. The zero-order valence-corrected chi connectivity index (χ0v) is 11.0.